The fraction of sp³-hybridized carbons (Fsp3) is 0.607. The summed E-state index contributed by atoms with van der Waals surface area (Å²) >= 11 is 1.32. The Morgan fingerprint density at radius 2 is 1.82 bits per heavy atom. The van der Waals surface area contributed by atoms with Gasteiger partial charge in [0.1, 0.15) is 17.5 Å². The van der Waals surface area contributed by atoms with Crippen LogP contribution in [0.1, 0.15) is 75.2 Å². The number of benzene rings is 1. The molecule has 1 aromatic heterocycles. The molecule has 2 aliphatic heterocycles. The first-order chi connectivity index (χ1) is 18.5. The lowest BCUT2D eigenvalue weighted by molar-refractivity contribution is -0.137. The van der Waals surface area contributed by atoms with E-state index in [9.17, 15) is 22.8 Å². The average Bonchev–Trinajstić information content (AvgIpc) is 3.44. The molecule has 2 fully saturated rings. The number of alkyl halides is 3. The van der Waals surface area contributed by atoms with Crippen molar-refractivity contribution in [2.24, 2.45) is 4.99 Å². The van der Waals surface area contributed by atoms with Crippen LogP contribution in [-0.4, -0.2) is 59.0 Å². The lowest BCUT2D eigenvalue weighted by Gasteiger charge is -2.39. The zero-order chi connectivity index (χ0) is 29.5. The molecular formula is C28H36F3N3O5S. The Morgan fingerprint density at radius 1 is 1.12 bits per heavy atom. The van der Waals surface area contributed by atoms with Crippen LogP contribution in [0.4, 0.5) is 18.0 Å². The number of amides is 2. The molecule has 3 heterocycles. The summed E-state index contributed by atoms with van der Waals surface area (Å²) < 4.78 is 59.6. The first-order valence-electron chi connectivity index (χ1n) is 13.3. The van der Waals surface area contributed by atoms with Crippen molar-refractivity contribution >= 4 is 23.3 Å². The second-order valence-corrected chi connectivity index (χ2v) is 13.2. The largest absolute Gasteiger partial charge is 0.486 e. The predicted molar refractivity (Wildman–Crippen MR) is 144 cm³/mol. The van der Waals surface area contributed by atoms with E-state index in [1.54, 1.807) is 20.8 Å². The maximum Gasteiger partial charge on any atom is 0.416 e. The van der Waals surface area contributed by atoms with E-state index in [1.807, 2.05) is 31.5 Å². The summed E-state index contributed by atoms with van der Waals surface area (Å²) in [5, 5.41) is 0. The van der Waals surface area contributed by atoms with Crippen LogP contribution < -0.4 is 9.54 Å². The number of nitrogens with zero attached hydrogens (tertiary/aromatic N) is 3. The average molecular weight is 584 g/mol. The third kappa shape index (κ3) is 7.45. The normalized spacial score (nSPS) is 19.1. The minimum atomic E-state index is -4.65. The number of halogens is 3. The monoisotopic (exact) mass is 583 g/mol. The highest BCUT2D eigenvalue weighted by Gasteiger charge is 2.37. The number of carbonyl (C=O) groups excluding carboxylic acids is 2. The van der Waals surface area contributed by atoms with E-state index < -0.39 is 35.4 Å². The molecule has 8 nitrogen and oxygen atoms in total. The molecule has 0 unspecified atom stereocenters. The number of ether oxygens (including phenoxy) is 3. The molecule has 12 heteroatoms. The van der Waals surface area contributed by atoms with Gasteiger partial charge in [0.15, 0.2) is 4.80 Å². The topological polar surface area (TPSA) is 82.4 Å². The van der Waals surface area contributed by atoms with Crippen molar-refractivity contribution in [1.82, 2.24) is 9.47 Å². The van der Waals surface area contributed by atoms with E-state index in [0.29, 0.717) is 18.0 Å². The summed E-state index contributed by atoms with van der Waals surface area (Å²) in [6.07, 6.45) is -1.92. The quantitative estimate of drug-likeness (QED) is 0.446. The maximum atomic E-state index is 13.6. The number of thiazole rings is 1. The third-order valence-electron chi connectivity index (χ3n) is 6.41. The summed E-state index contributed by atoms with van der Waals surface area (Å²) in [5.41, 5.74) is -2.14. The highest BCUT2D eigenvalue weighted by atomic mass is 32.1. The van der Waals surface area contributed by atoms with Gasteiger partial charge < -0.3 is 23.7 Å². The lowest BCUT2D eigenvalue weighted by Crippen LogP contribution is -2.57. The molecule has 0 aliphatic carbocycles. The van der Waals surface area contributed by atoms with Gasteiger partial charge in [-0.05, 0) is 57.2 Å². The number of aromatic nitrogens is 1. The number of hydrogen-bond donors (Lipinski definition) is 0. The van der Waals surface area contributed by atoms with Gasteiger partial charge in [-0.15, -0.1) is 11.3 Å². The molecule has 4 rings (SSSR count). The van der Waals surface area contributed by atoms with Gasteiger partial charge >= 0.3 is 12.3 Å². The smallest absolute Gasteiger partial charge is 0.416 e. The van der Waals surface area contributed by atoms with Crippen LogP contribution in [0.25, 0.3) is 0 Å². The highest BCUT2D eigenvalue weighted by Crippen LogP contribution is 2.34. The molecule has 1 aromatic carbocycles. The zero-order valence-electron chi connectivity index (χ0n) is 23.6. The molecular weight excluding hydrogens is 547 g/mol. The van der Waals surface area contributed by atoms with E-state index in [0.717, 1.165) is 35.9 Å². The van der Waals surface area contributed by atoms with Crippen molar-refractivity contribution < 1.29 is 37.0 Å². The Labute approximate surface area is 235 Å². The van der Waals surface area contributed by atoms with Crippen molar-refractivity contribution in [3.8, 4) is 5.75 Å². The van der Waals surface area contributed by atoms with Crippen LogP contribution >= 0.6 is 11.3 Å². The van der Waals surface area contributed by atoms with E-state index in [-0.39, 0.29) is 35.9 Å². The molecule has 0 N–H and O–H groups in total. The molecule has 40 heavy (non-hydrogen) atoms. The second-order valence-electron chi connectivity index (χ2n) is 12.2. The van der Waals surface area contributed by atoms with E-state index in [4.69, 9.17) is 14.2 Å². The summed E-state index contributed by atoms with van der Waals surface area (Å²) in [6.45, 7) is 12.9. The lowest BCUT2D eigenvalue weighted by atomic mass is 9.95. The molecule has 0 spiro atoms. The van der Waals surface area contributed by atoms with Crippen molar-refractivity contribution in [3.63, 3.8) is 0 Å². The van der Waals surface area contributed by atoms with Crippen molar-refractivity contribution in [2.75, 3.05) is 19.7 Å². The van der Waals surface area contributed by atoms with E-state index in [2.05, 4.69) is 4.99 Å². The Balaban J connectivity index is 1.62. The molecule has 0 radical (unpaired) electrons. The summed E-state index contributed by atoms with van der Waals surface area (Å²) in [6, 6.07) is 2.78. The van der Waals surface area contributed by atoms with Crippen LogP contribution in [0.2, 0.25) is 0 Å². The SMILES string of the molecule is CC(C)(C)OC(=O)N1CC(Oc2ccc(C(F)(F)F)cc2C(=O)N=c2sc(C(C)(C)C)cn2C[C@H]2CCCO2)C1. The van der Waals surface area contributed by atoms with Crippen LogP contribution in [0, 0.1) is 0 Å². The zero-order valence-corrected chi connectivity index (χ0v) is 24.4. The first kappa shape index (κ1) is 30.1. The fourth-order valence-corrected chi connectivity index (χ4v) is 5.30. The molecule has 220 valence electrons. The van der Waals surface area contributed by atoms with Crippen molar-refractivity contribution in [1.29, 1.82) is 0 Å². The second kappa shape index (κ2) is 11.2. The first-order valence-corrected chi connectivity index (χ1v) is 14.1. The van der Waals surface area contributed by atoms with Crippen LogP contribution in [0.15, 0.2) is 29.4 Å². The van der Waals surface area contributed by atoms with Crippen LogP contribution in [0.3, 0.4) is 0 Å². The van der Waals surface area contributed by atoms with Gasteiger partial charge in [0, 0.05) is 17.7 Å². The standard InChI is InChI=1S/C28H36F3N3O5S/c1-26(2,3)22-16-33(13-18-8-7-11-37-18)24(40-22)32-23(35)20-12-17(28(29,30)31)9-10-21(20)38-19-14-34(15-19)25(36)39-27(4,5)6/h9-10,12,16,18-19H,7-8,11,13-15H2,1-6H3/t18-/m1/s1. The Morgan fingerprint density at radius 3 is 2.40 bits per heavy atom. The van der Waals surface area contributed by atoms with E-state index >= 15 is 0 Å². The van der Waals surface area contributed by atoms with Gasteiger partial charge in [-0.3, -0.25) is 4.79 Å². The Kier molecular flexibility index (Phi) is 8.43. The maximum absolute atomic E-state index is 13.6. The van der Waals surface area contributed by atoms with Crippen LogP contribution in [0.5, 0.6) is 5.75 Å². The molecule has 1 atom stereocenters. The molecule has 0 saturated carbocycles. The molecule has 2 aromatic rings. The van der Waals surface area contributed by atoms with Gasteiger partial charge in [0.2, 0.25) is 0 Å². The third-order valence-corrected chi connectivity index (χ3v) is 7.86. The van der Waals surface area contributed by atoms with Gasteiger partial charge in [0.05, 0.1) is 36.9 Å². The van der Waals surface area contributed by atoms with Gasteiger partial charge in [-0.1, -0.05) is 20.8 Å². The summed E-state index contributed by atoms with van der Waals surface area (Å²) in [5.74, 6) is -0.860. The van der Waals surface area contributed by atoms with Gasteiger partial charge in [-0.2, -0.15) is 18.2 Å². The predicted octanol–water partition coefficient (Wildman–Crippen LogP) is 5.78. The number of hydrogen-bond acceptors (Lipinski definition) is 6. The minimum Gasteiger partial charge on any atom is -0.486 e. The number of rotatable bonds is 5. The van der Waals surface area contributed by atoms with Crippen molar-refractivity contribution in [2.45, 2.75) is 90.3 Å². The minimum absolute atomic E-state index is 0.0181. The summed E-state index contributed by atoms with van der Waals surface area (Å²) in [7, 11) is 0. The fourth-order valence-electron chi connectivity index (χ4n) is 4.24. The van der Waals surface area contributed by atoms with Gasteiger partial charge in [-0.25, -0.2) is 4.79 Å². The molecule has 2 saturated heterocycles. The molecule has 2 aliphatic rings. The molecule has 0 bridgehead atoms. The number of likely N-dealkylation sites (tertiary alicyclic amines) is 1. The highest BCUT2D eigenvalue weighted by molar-refractivity contribution is 7.09. The Bertz CT molecular complexity index is 1310. The molecule has 2 amide bonds. The number of carbonyl (C=O) groups is 2. The van der Waals surface area contributed by atoms with Crippen LogP contribution in [-0.2, 0) is 27.6 Å². The van der Waals surface area contributed by atoms with E-state index in [1.165, 1.54) is 16.2 Å². The Hall–Kier alpha value is -2.86. The summed E-state index contributed by atoms with van der Waals surface area (Å²) in [4.78, 5) is 32.8. The van der Waals surface area contributed by atoms with Gasteiger partial charge in [0.25, 0.3) is 5.91 Å². The van der Waals surface area contributed by atoms with Crippen molar-refractivity contribution in [3.05, 3.63) is 45.2 Å².